The lowest BCUT2D eigenvalue weighted by molar-refractivity contribution is -0.383. The number of piperidine rings is 1. The van der Waals surface area contributed by atoms with Crippen LogP contribution in [0.2, 0.25) is 0 Å². The van der Waals surface area contributed by atoms with E-state index in [-0.39, 0.29) is 29.8 Å². The summed E-state index contributed by atoms with van der Waals surface area (Å²) in [4.78, 5) is 44.6. The molecule has 1 aliphatic heterocycles. The molecule has 0 spiro atoms. The number of imide groups is 1. The first kappa shape index (κ1) is 14.4. The van der Waals surface area contributed by atoms with Crippen LogP contribution in [0.3, 0.4) is 0 Å². The quantitative estimate of drug-likeness (QED) is 0.302. The SMILES string of the molecule is Nc1ccc(C(=O)NC2CCC(=O)NC2=O)cc1[N+](=O)[O-]. The molecular formula is C12H12N4O5. The Labute approximate surface area is 118 Å². The fourth-order valence-corrected chi connectivity index (χ4v) is 1.92. The van der Waals surface area contributed by atoms with Crippen LogP contribution in [0.15, 0.2) is 18.2 Å². The molecule has 2 rings (SSSR count). The summed E-state index contributed by atoms with van der Waals surface area (Å²) in [5, 5.41) is 15.3. The van der Waals surface area contributed by atoms with E-state index in [0.717, 1.165) is 6.07 Å². The van der Waals surface area contributed by atoms with Crippen molar-refractivity contribution in [3.63, 3.8) is 0 Å². The van der Waals surface area contributed by atoms with Crippen LogP contribution in [0.5, 0.6) is 0 Å². The van der Waals surface area contributed by atoms with Crippen LogP contribution in [0, 0.1) is 10.1 Å². The first-order valence-electron chi connectivity index (χ1n) is 6.07. The Balaban J connectivity index is 2.14. The number of nitrogens with one attached hydrogen (secondary N) is 2. The maximum absolute atomic E-state index is 12.0. The maximum Gasteiger partial charge on any atom is 0.292 e. The van der Waals surface area contributed by atoms with E-state index in [9.17, 15) is 24.5 Å². The number of nitro groups is 1. The van der Waals surface area contributed by atoms with Crippen molar-refractivity contribution < 1.29 is 19.3 Å². The Morgan fingerprint density at radius 3 is 2.76 bits per heavy atom. The number of benzene rings is 1. The largest absolute Gasteiger partial charge is 0.393 e. The number of carbonyl (C=O) groups is 3. The van der Waals surface area contributed by atoms with E-state index in [0.29, 0.717) is 0 Å². The molecule has 1 saturated heterocycles. The van der Waals surface area contributed by atoms with Crippen LogP contribution in [-0.2, 0) is 9.59 Å². The first-order valence-corrected chi connectivity index (χ1v) is 6.07. The molecule has 1 unspecified atom stereocenters. The average molecular weight is 292 g/mol. The van der Waals surface area contributed by atoms with Crippen molar-refractivity contribution in [2.45, 2.75) is 18.9 Å². The summed E-state index contributed by atoms with van der Waals surface area (Å²) in [5.74, 6) is -1.63. The highest BCUT2D eigenvalue weighted by molar-refractivity contribution is 6.04. The number of carbonyl (C=O) groups excluding carboxylic acids is 3. The lowest BCUT2D eigenvalue weighted by Gasteiger charge is -2.21. The number of nitrogen functional groups attached to an aromatic ring is 1. The van der Waals surface area contributed by atoms with E-state index >= 15 is 0 Å². The summed E-state index contributed by atoms with van der Waals surface area (Å²) >= 11 is 0. The third kappa shape index (κ3) is 3.14. The second-order valence-corrected chi connectivity index (χ2v) is 4.51. The summed E-state index contributed by atoms with van der Waals surface area (Å²) in [6, 6.07) is 2.77. The van der Waals surface area contributed by atoms with Crippen LogP contribution in [-0.4, -0.2) is 28.7 Å². The fourth-order valence-electron chi connectivity index (χ4n) is 1.92. The molecule has 1 aliphatic rings. The summed E-state index contributed by atoms with van der Waals surface area (Å²) < 4.78 is 0. The minimum Gasteiger partial charge on any atom is -0.393 e. The number of anilines is 1. The van der Waals surface area contributed by atoms with Crippen LogP contribution in [0.25, 0.3) is 0 Å². The Bertz CT molecular complexity index is 643. The topological polar surface area (TPSA) is 144 Å². The minimum atomic E-state index is -0.841. The standard InChI is InChI=1S/C12H12N4O5/c13-7-2-1-6(5-9(7)16(20)21)11(18)14-8-3-4-10(17)15-12(8)19/h1-2,5,8H,3-4,13H2,(H,14,18)(H,15,17,19). The number of hydrogen-bond acceptors (Lipinski definition) is 6. The zero-order valence-corrected chi connectivity index (χ0v) is 10.8. The Kier molecular flexibility index (Phi) is 3.83. The van der Waals surface area contributed by atoms with Gasteiger partial charge in [-0.25, -0.2) is 0 Å². The predicted octanol–water partition coefficient (Wildman–Crippen LogP) is -0.288. The second kappa shape index (κ2) is 5.57. The molecule has 1 aromatic rings. The zero-order chi connectivity index (χ0) is 15.6. The Morgan fingerprint density at radius 1 is 1.43 bits per heavy atom. The molecular weight excluding hydrogens is 280 g/mol. The van der Waals surface area contributed by atoms with Gasteiger partial charge in [0.15, 0.2) is 0 Å². The molecule has 9 heteroatoms. The number of nitro benzene ring substituents is 1. The number of hydrogen-bond donors (Lipinski definition) is 3. The number of amides is 3. The molecule has 0 bridgehead atoms. The van der Waals surface area contributed by atoms with Crippen LogP contribution < -0.4 is 16.4 Å². The molecule has 0 saturated carbocycles. The van der Waals surface area contributed by atoms with Gasteiger partial charge in [0.25, 0.3) is 11.6 Å². The van der Waals surface area contributed by atoms with Crippen molar-refractivity contribution in [1.82, 2.24) is 10.6 Å². The van der Waals surface area contributed by atoms with Crippen LogP contribution in [0.1, 0.15) is 23.2 Å². The van der Waals surface area contributed by atoms with Gasteiger partial charge in [0.05, 0.1) is 4.92 Å². The van der Waals surface area contributed by atoms with E-state index in [1.807, 2.05) is 0 Å². The van der Waals surface area contributed by atoms with Gasteiger partial charge in [-0.3, -0.25) is 29.8 Å². The van der Waals surface area contributed by atoms with Gasteiger partial charge in [-0.2, -0.15) is 0 Å². The molecule has 1 atom stereocenters. The van der Waals surface area contributed by atoms with Gasteiger partial charge in [0.2, 0.25) is 11.8 Å². The van der Waals surface area contributed by atoms with Gasteiger partial charge < -0.3 is 11.1 Å². The third-order valence-corrected chi connectivity index (χ3v) is 3.03. The molecule has 3 amide bonds. The molecule has 9 nitrogen and oxygen atoms in total. The normalized spacial score (nSPS) is 18.0. The summed E-state index contributed by atoms with van der Waals surface area (Å²) in [6.45, 7) is 0. The van der Waals surface area contributed by atoms with Crippen molar-refractivity contribution >= 4 is 29.1 Å². The molecule has 1 fully saturated rings. The Hall–Kier alpha value is -2.97. The lowest BCUT2D eigenvalue weighted by Crippen LogP contribution is -2.52. The average Bonchev–Trinajstić information content (AvgIpc) is 2.42. The van der Waals surface area contributed by atoms with Crippen LogP contribution >= 0.6 is 0 Å². The molecule has 0 radical (unpaired) electrons. The first-order chi connectivity index (χ1) is 9.88. The Morgan fingerprint density at radius 2 is 2.14 bits per heavy atom. The highest BCUT2D eigenvalue weighted by atomic mass is 16.6. The molecule has 0 aromatic heterocycles. The van der Waals surface area contributed by atoms with Gasteiger partial charge in [0.1, 0.15) is 11.7 Å². The number of nitrogens with two attached hydrogens (primary N) is 1. The maximum atomic E-state index is 12.0. The molecule has 1 heterocycles. The van der Waals surface area contributed by atoms with Crippen molar-refractivity contribution in [1.29, 1.82) is 0 Å². The third-order valence-electron chi connectivity index (χ3n) is 3.03. The summed E-state index contributed by atoms with van der Waals surface area (Å²) in [5.41, 5.74) is 5.01. The summed E-state index contributed by atoms with van der Waals surface area (Å²) in [6.07, 6.45) is 0.312. The van der Waals surface area contributed by atoms with Gasteiger partial charge in [0, 0.05) is 18.1 Å². The van der Waals surface area contributed by atoms with Gasteiger partial charge in [-0.1, -0.05) is 0 Å². The molecule has 21 heavy (non-hydrogen) atoms. The number of rotatable bonds is 3. The second-order valence-electron chi connectivity index (χ2n) is 4.51. The van der Waals surface area contributed by atoms with Crippen molar-refractivity contribution in [3.8, 4) is 0 Å². The van der Waals surface area contributed by atoms with Crippen molar-refractivity contribution in [2.24, 2.45) is 0 Å². The predicted molar refractivity (Wildman–Crippen MR) is 71.1 cm³/mol. The van der Waals surface area contributed by atoms with E-state index in [4.69, 9.17) is 5.73 Å². The highest BCUT2D eigenvalue weighted by Gasteiger charge is 2.28. The monoisotopic (exact) mass is 292 g/mol. The van der Waals surface area contributed by atoms with E-state index in [1.165, 1.54) is 12.1 Å². The van der Waals surface area contributed by atoms with Gasteiger partial charge >= 0.3 is 0 Å². The summed E-state index contributed by atoms with van der Waals surface area (Å²) in [7, 11) is 0. The van der Waals surface area contributed by atoms with Crippen LogP contribution in [0.4, 0.5) is 11.4 Å². The lowest BCUT2D eigenvalue weighted by atomic mass is 10.1. The van der Waals surface area contributed by atoms with E-state index in [1.54, 1.807) is 0 Å². The zero-order valence-electron chi connectivity index (χ0n) is 10.8. The van der Waals surface area contributed by atoms with Gasteiger partial charge in [-0.15, -0.1) is 0 Å². The smallest absolute Gasteiger partial charge is 0.292 e. The van der Waals surface area contributed by atoms with Crippen molar-refractivity contribution in [2.75, 3.05) is 5.73 Å². The molecule has 0 aliphatic carbocycles. The highest BCUT2D eigenvalue weighted by Crippen LogP contribution is 2.22. The molecule has 1 aromatic carbocycles. The van der Waals surface area contributed by atoms with E-state index in [2.05, 4.69) is 10.6 Å². The number of nitrogens with zero attached hydrogens (tertiary/aromatic N) is 1. The molecule has 110 valence electrons. The van der Waals surface area contributed by atoms with Crippen molar-refractivity contribution in [3.05, 3.63) is 33.9 Å². The van der Waals surface area contributed by atoms with Gasteiger partial charge in [-0.05, 0) is 18.6 Å². The fraction of sp³-hybridized carbons (Fsp3) is 0.250. The molecule has 4 N–H and O–H groups in total. The minimum absolute atomic E-state index is 0.0144. The van der Waals surface area contributed by atoms with E-state index < -0.39 is 28.7 Å².